The number of hydrogen-bond donors (Lipinski definition) is 1. The van der Waals surface area contributed by atoms with E-state index in [0.717, 1.165) is 11.3 Å². The number of aromatic nitrogens is 3. The lowest BCUT2D eigenvalue weighted by Gasteiger charge is -2.13. The minimum Gasteiger partial charge on any atom is -0.408 e. The molecule has 0 atom stereocenters. The average Bonchev–Trinajstić information content (AvgIpc) is 3.36. The molecular weight excluding hydrogens is 434 g/mol. The molecule has 0 amide bonds. The van der Waals surface area contributed by atoms with Gasteiger partial charge in [0.15, 0.2) is 11.4 Å². The van der Waals surface area contributed by atoms with Crippen LogP contribution in [0.2, 0.25) is 0 Å². The van der Waals surface area contributed by atoms with Crippen LogP contribution in [0.5, 0.6) is 0 Å². The van der Waals surface area contributed by atoms with Gasteiger partial charge in [-0.05, 0) is 29.8 Å². The minimum atomic E-state index is -3.81. The van der Waals surface area contributed by atoms with Crippen LogP contribution in [0.1, 0.15) is 24.2 Å². The summed E-state index contributed by atoms with van der Waals surface area (Å²) >= 11 is 0. The number of nitrogens with one attached hydrogen (secondary N) is 1. The van der Waals surface area contributed by atoms with Crippen molar-refractivity contribution in [3.8, 4) is 0 Å². The zero-order valence-electron chi connectivity index (χ0n) is 17.9. The van der Waals surface area contributed by atoms with Crippen molar-refractivity contribution < 1.29 is 17.4 Å². The van der Waals surface area contributed by atoms with Crippen molar-refractivity contribution >= 4 is 26.8 Å². The van der Waals surface area contributed by atoms with Crippen LogP contribution in [0, 0.1) is 0 Å². The number of oxazole rings is 1. The van der Waals surface area contributed by atoms with Crippen molar-refractivity contribution in [1.82, 2.24) is 19.4 Å². The molecule has 0 aliphatic carbocycles. The van der Waals surface area contributed by atoms with Crippen molar-refractivity contribution in [2.24, 2.45) is 0 Å². The van der Waals surface area contributed by atoms with Crippen molar-refractivity contribution in [2.45, 2.75) is 31.3 Å². The van der Waals surface area contributed by atoms with Gasteiger partial charge in [0.05, 0.1) is 17.0 Å². The lowest BCUT2D eigenvalue weighted by Crippen LogP contribution is -2.23. The van der Waals surface area contributed by atoms with E-state index in [-0.39, 0.29) is 23.6 Å². The second kappa shape index (κ2) is 8.60. The Morgan fingerprint density at radius 3 is 2.53 bits per heavy atom. The molecule has 10 nitrogen and oxygen atoms in total. The molecule has 0 spiro atoms. The monoisotopic (exact) mass is 457 g/mol. The highest BCUT2D eigenvalue weighted by atomic mass is 32.2. The highest BCUT2D eigenvalue weighted by Gasteiger charge is 2.19. The number of sulfonamides is 1. The van der Waals surface area contributed by atoms with Crippen LogP contribution in [-0.4, -0.2) is 37.2 Å². The Morgan fingerprint density at radius 2 is 1.88 bits per heavy atom. The number of fused-ring (bicyclic) bond motifs is 1. The van der Waals surface area contributed by atoms with Gasteiger partial charge >= 0.3 is 5.76 Å². The fourth-order valence-corrected chi connectivity index (χ4v) is 4.21. The second-order valence-electron chi connectivity index (χ2n) is 7.43. The van der Waals surface area contributed by atoms with Gasteiger partial charge in [-0.2, -0.15) is 4.98 Å². The molecule has 168 valence electrons. The molecule has 0 aliphatic rings. The number of anilines is 1. The molecule has 2 heterocycles. The van der Waals surface area contributed by atoms with Gasteiger partial charge in [0, 0.05) is 38.8 Å². The van der Waals surface area contributed by atoms with Crippen LogP contribution in [0.3, 0.4) is 0 Å². The zero-order valence-corrected chi connectivity index (χ0v) is 18.7. The summed E-state index contributed by atoms with van der Waals surface area (Å²) in [7, 11) is 0.0590. The highest BCUT2D eigenvalue weighted by Crippen LogP contribution is 2.20. The summed E-state index contributed by atoms with van der Waals surface area (Å²) in [6, 6.07) is 11.9. The van der Waals surface area contributed by atoms with E-state index in [4.69, 9.17) is 8.94 Å². The van der Waals surface area contributed by atoms with Crippen LogP contribution < -0.4 is 15.4 Å². The number of benzene rings is 2. The van der Waals surface area contributed by atoms with Crippen molar-refractivity contribution in [3.05, 3.63) is 70.3 Å². The molecule has 1 N–H and O–H groups in total. The summed E-state index contributed by atoms with van der Waals surface area (Å²) in [5.74, 6) is 0.174. The molecule has 0 radical (unpaired) electrons. The van der Waals surface area contributed by atoms with Crippen LogP contribution in [0.15, 0.2) is 61.1 Å². The quantitative estimate of drug-likeness (QED) is 0.427. The summed E-state index contributed by atoms with van der Waals surface area (Å²) in [5.41, 5.74) is 2.45. The number of rotatable bonds is 8. The van der Waals surface area contributed by atoms with Gasteiger partial charge in [-0.25, -0.2) is 17.9 Å². The number of aryl methyl sites for hydroxylation is 1. The maximum atomic E-state index is 12.8. The molecule has 0 unspecified atom stereocenters. The van der Waals surface area contributed by atoms with E-state index in [9.17, 15) is 13.2 Å². The van der Waals surface area contributed by atoms with E-state index in [2.05, 4.69) is 14.9 Å². The van der Waals surface area contributed by atoms with Crippen LogP contribution in [0.4, 0.5) is 5.69 Å². The topological polar surface area (TPSA) is 123 Å². The third-order valence-corrected chi connectivity index (χ3v) is 6.38. The number of nitrogens with zero attached hydrogens (tertiary/aromatic N) is 4. The first-order chi connectivity index (χ1) is 15.3. The van der Waals surface area contributed by atoms with E-state index in [1.807, 2.05) is 50.2 Å². The van der Waals surface area contributed by atoms with Gasteiger partial charge < -0.3 is 13.8 Å². The Kier molecular flexibility index (Phi) is 5.85. The molecule has 2 aromatic heterocycles. The molecule has 4 aromatic rings. The van der Waals surface area contributed by atoms with Crippen molar-refractivity contribution in [1.29, 1.82) is 0 Å². The summed E-state index contributed by atoms with van der Waals surface area (Å²) in [6.07, 6.45) is 0.585. The Labute approximate surface area is 184 Å². The maximum Gasteiger partial charge on any atom is 0.420 e. The molecule has 32 heavy (non-hydrogen) atoms. The smallest absolute Gasteiger partial charge is 0.408 e. The zero-order chi connectivity index (χ0) is 22.9. The van der Waals surface area contributed by atoms with E-state index >= 15 is 0 Å². The average molecular weight is 458 g/mol. The fourth-order valence-electron chi connectivity index (χ4n) is 3.18. The molecule has 0 aliphatic heterocycles. The van der Waals surface area contributed by atoms with Gasteiger partial charge in [-0.1, -0.05) is 24.2 Å². The minimum absolute atomic E-state index is 0.00337. The Hall–Kier alpha value is -3.44. The predicted molar refractivity (Wildman–Crippen MR) is 118 cm³/mol. The normalized spacial score (nSPS) is 11.8. The maximum absolute atomic E-state index is 12.8. The lowest BCUT2D eigenvalue weighted by molar-refractivity contribution is 0.375. The van der Waals surface area contributed by atoms with Gasteiger partial charge in [-0.15, -0.1) is 0 Å². The van der Waals surface area contributed by atoms with Crippen LogP contribution in [0.25, 0.3) is 11.1 Å². The molecular formula is C21H23N5O5S. The van der Waals surface area contributed by atoms with E-state index in [1.165, 1.54) is 22.8 Å². The standard InChI is InChI=1S/C21H23N5O5S/c1-4-20-23-19(24-31-20)13-26-17-10-9-16(11-18(17)30-21(26)27)32(28,29)22-12-14-5-7-15(8-6-14)25(2)3/h5-11,22H,4,12-13H2,1-3H3. The first-order valence-corrected chi connectivity index (χ1v) is 11.5. The summed E-state index contributed by atoms with van der Waals surface area (Å²) in [4.78, 5) is 18.5. The second-order valence-corrected chi connectivity index (χ2v) is 9.19. The molecule has 11 heteroatoms. The Morgan fingerprint density at radius 1 is 1.12 bits per heavy atom. The van der Waals surface area contributed by atoms with Gasteiger partial charge in [0.2, 0.25) is 15.9 Å². The molecule has 0 saturated heterocycles. The van der Waals surface area contributed by atoms with Crippen molar-refractivity contribution in [3.63, 3.8) is 0 Å². The Balaban J connectivity index is 1.54. The third kappa shape index (κ3) is 4.43. The first-order valence-electron chi connectivity index (χ1n) is 9.97. The first kappa shape index (κ1) is 21.8. The summed E-state index contributed by atoms with van der Waals surface area (Å²) in [5, 5.41) is 3.84. The van der Waals surface area contributed by atoms with E-state index < -0.39 is 15.8 Å². The third-order valence-electron chi connectivity index (χ3n) is 4.98. The molecule has 4 rings (SSSR count). The van der Waals surface area contributed by atoms with Gasteiger partial charge in [-0.3, -0.25) is 4.57 Å². The predicted octanol–water partition coefficient (Wildman–Crippen LogP) is 2.13. The van der Waals surface area contributed by atoms with Crippen LogP contribution >= 0.6 is 0 Å². The van der Waals surface area contributed by atoms with Crippen LogP contribution in [-0.2, 0) is 29.5 Å². The molecule has 2 aromatic carbocycles. The van der Waals surface area contributed by atoms with Gasteiger partial charge in [0.25, 0.3) is 0 Å². The Bertz CT molecular complexity index is 1400. The molecule has 0 saturated carbocycles. The fraction of sp³-hybridized carbons (Fsp3) is 0.286. The SMILES string of the molecule is CCc1nc(Cn2c(=O)oc3cc(S(=O)(=O)NCc4ccc(N(C)C)cc4)ccc32)no1. The lowest BCUT2D eigenvalue weighted by atomic mass is 10.2. The summed E-state index contributed by atoms with van der Waals surface area (Å²) in [6.45, 7) is 2.07. The highest BCUT2D eigenvalue weighted by molar-refractivity contribution is 7.89. The summed E-state index contributed by atoms with van der Waals surface area (Å²) < 4.78 is 39.8. The number of hydrogen-bond acceptors (Lipinski definition) is 8. The van der Waals surface area contributed by atoms with E-state index in [1.54, 1.807) is 0 Å². The largest absolute Gasteiger partial charge is 0.420 e. The van der Waals surface area contributed by atoms with Gasteiger partial charge in [0.1, 0.15) is 0 Å². The molecule has 0 bridgehead atoms. The molecule has 0 fully saturated rings. The van der Waals surface area contributed by atoms with Crippen molar-refractivity contribution in [2.75, 3.05) is 19.0 Å². The van der Waals surface area contributed by atoms with E-state index in [0.29, 0.717) is 23.7 Å².